The minimum Gasteiger partial charge on any atom is -0.497 e. The van der Waals surface area contributed by atoms with Gasteiger partial charge in [-0.1, -0.05) is 0 Å². The van der Waals surface area contributed by atoms with E-state index in [1.807, 2.05) is 18.2 Å². The van der Waals surface area contributed by atoms with Gasteiger partial charge in [-0.15, -0.1) is 0 Å². The molecule has 0 saturated heterocycles. The van der Waals surface area contributed by atoms with Crippen molar-refractivity contribution in [3.05, 3.63) is 23.8 Å². The molecule has 1 rings (SSSR count). The SMILES string of the molecule is COc1ccc(OC)c(CNCO)c1. The van der Waals surface area contributed by atoms with Crippen LogP contribution in [0.2, 0.25) is 0 Å². The molecule has 78 valence electrons. The number of rotatable bonds is 5. The summed E-state index contributed by atoms with van der Waals surface area (Å²) in [7, 11) is 3.23. The molecule has 4 heteroatoms. The number of hydrogen-bond donors (Lipinski definition) is 2. The van der Waals surface area contributed by atoms with E-state index in [9.17, 15) is 0 Å². The van der Waals surface area contributed by atoms with Crippen LogP contribution in [0.5, 0.6) is 11.5 Å². The Morgan fingerprint density at radius 2 is 2.07 bits per heavy atom. The fourth-order valence-corrected chi connectivity index (χ4v) is 1.21. The molecule has 14 heavy (non-hydrogen) atoms. The van der Waals surface area contributed by atoms with Crippen molar-refractivity contribution in [3.63, 3.8) is 0 Å². The van der Waals surface area contributed by atoms with Crippen LogP contribution in [-0.4, -0.2) is 26.1 Å². The minimum atomic E-state index is -0.0552. The quantitative estimate of drug-likeness (QED) is 0.684. The molecule has 0 unspecified atom stereocenters. The van der Waals surface area contributed by atoms with Gasteiger partial charge < -0.3 is 14.6 Å². The van der Waals surface area contributed by atoms with E-state index in [0.717, 1.165) is 17.1 Å². The summed E-state index contributed by atoms with van der Waals surface area (Å²) >= 11 is 0. The minimum absolute atomic E-state index is 0.0552. The number of hydrogen-bond acceptors (Lipinski definition) is 4. The first-order valence-electron chi connectivity index (χ1n) is 4.34. The number of aliphatic hydroxyl groups is 1. The summed E-state index contributed by atoms with van der Waals surface area (Å²) in [6, 6.07) is 5.55. The van der Waals surface area contributed by atoms with Gasteiger partial charge in [0.25, 0.3) is 0 Å². The van der Waals surface area contributed by atoms with Crippen molar-refractivity contribution in [2.45, 2.75) is 6.54 Å². The van der Waals surface area contributed by atoms with Crippen molar-refractivity contribution in [2.75, 3.05) is 21.0 Å². The molecule has 0 amide bonds. The van der Waals surface area contributed by atoms with E-state index in [1.165, 1.54) is 0 Å². The standard InChI is InChI=1S/C10H15NO3/c1-13-9-3-4-10(14-2)8(5-9)6-11-7-12/h3-5,11-12H,6-7H2,1-2H3. The Balaban J connectivity index is 2.84. The molecule has 0 heterocycles. The molecule has 0 spiro atoms. The Bertz CT molecular complexity index is 289. The van der Waals surface area contributed by atoms with Gasteiger partial charge >= 0.3 is 0 Å². The first kappa shape index (κ1) is 10.8. The predicted octanol–water partition coefficient (Wildman–Crippen LogP) is 0.743. The Morgan fingerprint density at radius 3 is 2.64 bits per heavy atom. The second-order valence-corrected chi connectivity index (χ2v) is 2.76. The van der Waals surface area contributed by atoms with Crippen LogP contribution < -0.4 is 14.8 Å². The molecular formula is C10H15NO3. The summed E-state index contributed by atoms with van der Waals surface area (Å²) in [6.07, 6.45) is 0. The third kappa shape index (κ3) is 2.61. The number of methoxy groups -OCH3 is 2. The van der Waals surface area contributed by atoms with Crippen molar-refractivity contribution < 1.29 is 14.6 Å². The lowest BCUT2D eigenvalue weighted by molar-refractivity contribution is 0.258. The van der Waals surface area contributed by atoms with E-state index in [0.29, 0.717) is 6.54 Å². The lowest BCUT2D eigenvalue weighted by Crippen LogP contribution is -2.14. The Labute approximate surface area is 83.5 Å². The second-order valence-electron chi connectivity index (χ2n) is 2.76. The van der Waals surface area contributed by atoms with Crippen LogP contribution in [0.4, 0.5) is 0 Å². The van der Waals surface area contributed by atoms with Gasteiger partial charge in [-0.05, 0) is 18.2 Å². The van der Waals surface area contributed by atoms with Gasteiger partial charge in [-0.3, -0.25) is 5.32 Å². The molecule has 0 aliphatic heterocycles. The summed E-state index contributed by atoms with van der Waals surface area (Å²) in [5.41, 5.74) is 0.959. The second kappa shape index (κ2) is 5.47. The lowest BCUT2D eigenvalue weighted by atomic mass is 10.2. The number of ether oxygens (including phenoxy) is 2. The van der Waals surface area contributed by atoms with Gasteiger partial charge in [0.2, 0.25) is 0 Å². The molecule has 0 fully saturated rings. The number of benzene rings is 1. The molecule has 0 aliphatic carbocycles. The highest BCUT2D eigenvalue weighted by atomic mass is 16.5. The van der Waals surface area contributed by atoms with Crippen LogP contribution in [0, 0.1) is 0 Å². The molecule has 0 atom stereocenters. The van der Waals surface area contributed by atoms with Crippen molar-refractivity contribution in [3.8, 4) is 11.5 Å². The summed E-state index contributed by atoms with van der Waals surface area (Å²) < 4.78 is 10.3. The molecule has 4 nitrogen and oxygen atoms in total. The maximum atomic E-state index is 8.63. The fraction of sp³-hybridized carbons (Fsp3) is 0.400. The Kier molecular flexibility index (Phi) is 4.22. The maximum absolute atomic E-state index is 8.63. The monoisotopic (exact) mass is 197 g/mol. The van der Waals surface area contributed by atoms with E-state index in [1.54, 1.807) is 14.2 Å². The predicted molar refractivity (Wildman–Crippen MR) is 53.5 cm³/mol. The molecule has 1 aromatic carbocycles. The van der Waals surface area contributed by atoms with Crippen LogP contribution in [0.15, 0.2) is 18.2 Å². The van der Waals surface area contributed by atoms with E-state index in [-0.39, 0.29) is 6.73 Å². The highest BCUT2D eigenvalue weighted by molar-refractivity contribution is 5.40. The van der Waals surface area contributed by atoms with Gasteiger partial charge in [-0.25, -0.2) is 0 Å². The highest BCUT2D eigenvalue weighted by Gasteiger charge is 2.03. The first-order chi connectivity index (χ1) is 6.81. The Hall–Kier alpha value is -1.26. The van der Waals surface area contributed by atoms with E-state index < -0.39 is 0 Å². The molecule has 0 bridgehead atoms. The van der Waals surface area contributed by atoms with E-state index >= 15 is 0 Å². The molecule has 1 aromatic rings. The van der Waals surface area contributed by atoms with Crippen molar-refractivity contribution in [1.82, 2.24) is 5.32 Å². The summed E-state index contributed by atoms with van der Waals surface area (Å²) in [6.45, 7) is 0.497. The average Bonchev–Trinajstić information content (AvgIpc) is 2.25. The summed E-state index contributed by atoms with van der Waals surface area (Å²) in [5.74, 6) is 1.56. The van der Waals surface area contributed by atoms with Gasteiger partial charge in [0, 0.05) is 12.1 Å². The number of aliphatic hydroxyl groups excluding tert-OH is 1. The highest BCUT2D eigenvalue weighted by Crippen LogP contribution is 2.23. The van der Waals surface area contributed by atoms with Crippen LogP contribution in [0.1, 0.15) is 5.56 Å². The summed E-state index contributed by atoms with van der Waals surface area (Å²) in [5, 5.41) is 11.4. The van der Waals surface area contributed by atoms with Gasteiger partial charge in [0.15, 0.2) is 0 Å². The van der Waals surface area contributed by atoms with Crippen LogP contribution in [0.25, 0.3) is 0 Å². The van der Waals surface area contributed by atoms with Crippen LogP contribution in [0.3, 0.4) is 0 Å². The first-order valence-corrected chi connectivity index (χ1v) is 4.34. The van der Waals surface area contributed by atoms with Crippen molar-refractivity contribution >= 4 is 0 Å². The zero-order valence-electron chi connectivity index (χ0n) is 8.41. The Morgan fingerprint density at radius 1 is 1.29 bits per heavy atom. The van der Waals surface area contributed by atoms with Gasteiger partial charge in [0.1, 0.15) is 11.5 Å². The van der Waals surface area contributed by atoms with Gasteiger partial charge in [-0.2, -0.15) is 0 Å². The molecule has 2 N–H and O–H groups in total. The molecule has 0 saturated carbocycles. The van der Waals surface area contributed by atoms with E-state index in [2.05, 4.69) is 5.32 Å². The zero-order valence-corrected chi connectivity index (χ0v) is 8.41. The smallest absolute Gasteiger partial charge is 0.123 e. The van der Waals surface area contributed by atoms with Crippen LogP contribution >= 0.6 is 0 Å². The number of nitrogens with one attached hydrogen (secondary N) is 1. The van der Waals surface area contributed by atoms with Crippen molar-refractivity contribution in [2.24, 2.45) is 0 Å². The molecule has 0 aromatic heterocycles. The fourth-order valence-electron chi connectivity index (χ4n) is 1.21. The van der Waals surface area contributed by atoms with Crippen LogP contribution in [-0.2, 0) is 6.54 Å². The van der Waals surface area contributed by atoms with Gasteiger partial charge in [0.05, 0.1) is 21.0 Å². The zero-order chi connectivity index (χ0) is 10.4. The third-order valence-corrected chi connectivity index (χ3v) is 1.91. The van der Waals surface area contributed by atoms with Crippen molar-refractivity contribution in [1.29, 1.82) is 0 Å². The topological polar surface area (TPSA) is 50.7 Å². The maximum Gasteiger partial charge on any atom is 0.123 e. The normalized spacial score (nSPS) is 9.93. The third-order valence-electron chi connectivity index (χ3n) is 1.91. The lowest BCUT2D eigenvalue weighted by Gasteiger charge is -2.10. The summed E-state index contributed by atoms with van der Waals surface area (Å²) in [4.78, 5) is 0. The molecule has 0 aliphatic rings. The van der Waals surface area contributed by atoms with E-state index in [4.69, 9.17) is 14.6 Å². The molecule has 0 radical (unpaired) electrons. The largest absolute Gasteiger partial charge is 0.497 e. The average molecular weight is 197 g/mol. The molecular weight excluding hydrogens is 182 g/mol.